The maximum Gasteiger partial charge on any atom is 0.418 e. The predicted octanol–water partition coefficient (Wildman–Crippen LogP) is 2.05. The van der Waals surface area contributed by atoms with Crippen molar-refractivity contribution >= 4 is 11.6 Å². The van der Waals surface area contributed by atoms with Crippen LogP contribution in [0.15, 0.2) is 24.3 Å². The summed E-state index contributed by atoms with van der Waals surface area (Å²) in [4.78, 5) is 13.3. The number of anilines is 1. The highest BCUT2D eigenvalue weighted by molar-refractivity contribution is 5.95. The first kappa shape index (κ1) is 15.3. The molecule has 1 amide bonds. The van der Waals surface area contributed by atoms with E-state index in [1.54, 1.807) is 0 Å². The minimum absolute atomic E-state index is 0.0840. The van der Waals surface area contributed by atoms with Gasteiger partial charge in [-0.15, -0.1) is 0 Å². The lowest BCUT2D eigenvalue weighted by atomic mass is 9.99. The van der Waals surface area contributed by atoms with Crippen LogP contribution in [-0.2, 0) is 15.7 Å². The van der Waals surface area contributed by atoms with Gasteiger partial charge in [0.1, 0.15) is 6.61 Å². The van der Waals surface area contributed by atoms with Gasteiger partial charge < -0.3 is 15.0 Å². The number of para-hydroxylation sites is 1. The number of nitrogens with zero attached hydrogens (tertiary/aromatic N) is 1. The number of rotatable bonds is 2. The number of morpholine rings is 1. The van der Waals surface area contributed by atoms with Crippen molar-refractivity contribution in [1.82, 2.24) is 5.32 Å². The third-order valence-electron chi connectivity index (χ3n) is 4.21. The monoisotopic (exact) mass is 314 g/mol. The molecule has 2 saturated heterocycles. The molecule has 0 spiro atoms. The van der Waals surface area contributed by atoms with Crippen LogP contribution in [0.4, 0.5) is 18.9 Å². The van der Waals surface area contributed by atoms with Crippen molar-refractivity contribution in [2.75, 3.05) is 31.1 Å². The van der Waals surface area contributed by atoms with Gasteiger partial charge >= 0.3 is 6.18 Å². The molecule has 1 N–H and O–H groups in total. The van der Waals surface area contributed by atoms with Gasteiger partial charge in [-0.2, -0.15) is 13.2 Å². The van der Waals surface area contributed by atoms with Crippen LogP contribution in [-0.4, -0.2) is 38.3 Å². The van der Waals surface area contributed by atoms with Crippen LogP contribution in [0.1, 0.15) is 12.0 Å². The molecular weight excluding hydrogens is 297 g/mol. The van der Waals surface area contributed by atoms with Crippen LogP contribution >= 0.6 is 0 Å². The summed E-state index contributed by atoms with van der Waals surface area (Å²) in [5.74, 6) is -0.201. The quantitative estimate of drug-likeness (QED) is 0.908. The van der Waals surface area contributed by atoms with Gasteiger partial charge in [-0.3, -0.25) is 4.79 Å². The molecule has 2 heterocycles. The Hall–Kier alpha value is -1.60. The summed E-state index contributed by atoms with van der Waals surface area (Å²) in [6.45, 7) is 1.64. The van der Waals surface area contributed by atoms with E-state index >= 15 is 0 Å². The first-order valence-electron chi connectivity index (χ1n) is 7.25. The predicted molar refractivity (Wildman–Crippen MR) is 74.5 cm³/mol. The molecule has 3 rings (SSSR count). The fourth-order valence-electron chi connectivity index (χ4n) is 3.05. The molecule has 0 aliphatic carbocycles. The van der Waals surface area contributed by atoms with Crippen molar-refractivity contribution in [3.05, 3.63) is 29.8 Å². The molecule has 0 aromatic heterocycles. The summed E-state index contributed by atoms with van der Waals surface area (Å²) in [5.41, 5.74) is -0.868. The Bertz CT molecular complexity index is 556. The molecule has 1 aromatic rings. The minimum Gasteiger partial charge on any atom is -0.366 e. The normalized spacial score (nSPS) is 26.5. The topological polar surface area (TPSA) is 41.6 Å². The number of hydrogen-bond acceptors (Lipinski definition) is 3. The maximum atomic E-state index is 13.1. The average Bonchev–Trinajstić information content (AvgIpc) is 3.01. The van der Waals surface area contributed by atoms with Gasteiger partial charge in [-0.05, 0) is 25.1 Å². The van der Waals surface area contributed by atoms with E-state index in [-0.39, 0.29) is 30.9 Å². The second-order valence-electron chi connectivity index (χ2n) is 5.62. The minimum atomic E-state index is -4.49. The molecule has 7 heteroatoms. The van der Waals surface area contributed by atoms with E-state index in [1.807, 2.05) is 0 Å². The van der Waals surface area contributed by atoms with E-state index in [0.29, 0.717) is 0 Å². The van der Waals surface area contributed by atoms with E-state index in [2.05, 4.69) is 5.32 Å². The van der Waals surface area contributed by atoms with E-state index in [9.17, 15) is 18.0 Å². The van der Waals surface area contributed by atoms with E-state index in [0.717, 1.165) is 25.6 Å². The molecule has 120 valence electrons. The van der Waals surface area contributed by atoms with Crippen LogP contribution in [0, 0.1) is 5.92 Å². The number of halogens is 3. The molecule has 2 aliphatic heterocycles. The van der Waals surface area contributed by atoms with Gasteiger partial charge in [0.2, 0.25) is 0 Å². The van der Waals surface area contributed by atoms with Gasteiger partial charge in [0, 0.05) is 12.5 Å². The number of carbonyl (C=O) groups is 1. The summed E-state index contributed by atoms with van der Waals surface area (Å²) in [6, 6.07) is 5.19. The van der Waals surface area contributed by atoms with E-state index in [4.69, 9.17) is 4.74 Å². The fraction of sp³-hybridized carbons (Fsp3) is 0.533. The van der Waals surface area contributed by atoms with E-state index in [1.165, 1.54) is 23.1 Å². The molecule has 2 unspecified atom stereocenters. The standard InChI is InChI=1S/C15H17F3N2O2/c16-15(17,18)11-3-1-2-4-12(11)20-8-13(22-9-14(20)21)10-5-6-19-7-10/h1-4,10,13,19H,5-9H2. The van der Waals surface area contributed by atoms with Crippen LogP contribution in [0.5, 0.6) is 0 Å². The van der Waals surface area contributed by atoms with Gasteiger partial charge in [0.05, 0.1) is 23.9 Å². The Kier molecular flexibility index (Phi) is 4.10. The zero-order valence-electron chi connectivity index (χ0n) is 11.9. The lowest BCUT2D eigenvalue weighted by molar-refractivity contribution is -0.138. The Morgan fingerprint density at radius 2 is 2.05 bits per heavy atom. The summed E-state index contributed by atoms with van der Waals surface area (Å²) in [6.07, 6.45) is -3.80. The van der Waals surface area contributed by atoms with Crippen LogP contribution in [0.25, 0.3) is 0 Å². The van der Waals surface area contributed by atoms with Gasteiger partial charge in [-0.25, -0.2) is 0 Å². The molecule has 22 heavy (non-hydrogen) atoms. The maximum absolute atomic E-state index is 13.1. The Balaban J connectivity index is 1.87. The fourth-order valence-corrected chi connectivity index (χ4v) is 3.05. The van der Waals surface area contributed by atoms with Crippen LogP contribution < -0.4 is 10.2 Å². The Morgan fingerprint density at radius 3 is 2.73 bits per heavy atom. The van der Waals surface area contributed by atoms with Crippen molar-refractivity contribution in [1.29, 1.82) is 0 Å². The second-order valence-corrected chi connectivity index (χ2v) is 5.62. The van der Waals surface area contributed by atoms with Crippen molar-refractivity contribution < 1.29 is 22.7 Å². The zero-order valence-corrected chi connectivity index (χ0v) is 11.9. The van der Waals surface area contributed by atoms with Crippen molar-refractivity contribution in [3.63, 3.8) is 0 Å². The second kappa shape index (κ2) is 5.89. The molecule has 2 aliphatic rings. The summed E-state index contributed by atoms with van der Waals surface area (Å²) in [7, 11) is 0. The number of alkyl halides is 3. The largest absolute Gasteiger partial charge is 0.418 e. The summed E-state index contributed by atoms with van der Waals surface area (Å²) in [5, 5.41) is 3.21. The molecule has 1 aromatic carbocycles. The van der Waals surface area contributed by atoms with Crippen LogP contribution in [0.3, 0.4) is 0 Å². The van der Waals surface area contributed by atoms with Gasteiger partial charge in [-0.1, -0.05) is 12.1 Å². The number of amides is 1. The smallest absolute Gasteiger partial charge is 0.366 e. The first-order chi connectivity index (χ1) is 10.5. The number of ether oxygens (including phenoxy) is 1. The summed E-state index contributed by atoms with van der Waals surface area (Å²) >= 11 is 0. The molecular formula is C15H17F3N2O2. The number of carbonyl (C=O) groups excluding carboxylic acids is 1. The number of nitrogens with one attached hydrogen (secondary N) is 1. The summed E-state index contributed by atoms with van der Waals surface area (Å²) < 4.78 is 45.0. The number of benzene rings is 1. The number of hydrogen-bond donors (Lipinski definition) is 1. The van der Waals surface area contributed by atoms with Crippen molar-refractivity contribution in [2.45, 2.75) is 18.7 Å². The van der Waals surface area contributed by atoms with Gasteiger partial charge in [0.15, 0.2) is 0 Å². The first-order valence-corrected chi connectivity index (χ1v) is 7.25. The Labute approximate surface area is 126 Å². The molecule has 2 atom stereocenters. The molecule has 4 nitrogen and oxygen atoms in total. The van der Waals surface area contributed by atoms with Crippen molar-refractivity contribution in [2.24, 2.45) is 5.92 Å². The van der Waals surface area contributed by atoms with Crippen LogP contribution in [0.2, 0.25) is 0 Å². The van der Waals surface area contributed by atoms with E-state index < -0.39 is 17.6 Å². The molecule has 0 saturated carbocycles. The van der Waals surface area contributed by atoms with Gasteiger partial charge in [0.25, 0.3) is 5.91 Å². The average molecular weight is 314 g/mol. The zero-order chi connectivity index (χ0) is 15.7. The Morgan fingerprint density at radius 1 is 1.27 bits per heavy atom. The lowest BCUT2D eigenvalue weighted by Crippen LogP contribution is -2.50. The SMILES string of the molecule is O=C1COC(C2CCNC2)CN1c1ccccc1C(F)(F)F. The highest BCUT2D eigenvalue weighted by atomic mass is 19.4. The van der Waals surface area contributed by atoms with Crippen molar-refractivity contribution in [3.8, 4) is 0 Å². The molecule has 0 radical (unpaired) electrons. The third-order valence-corrected chi connectivity index (χ3v) is 4.21. The molecule has 2 fully saturated rings. The highest BCUT2D eigenvalue weighted by Crippen LogP contribution is 2.37. The third kappa shape index (κ3) is 2.96. The highest BCUT2D eigenvalue weighted by Gasteiger charge is 2.39. The lowest BCUT2D eigenvalue weighted by Gasteiger charge is -2.36. The molecule has 0 bridgehead atoms.